The molecule has 2 amide bonds. The lowest BCUT2D eigenvalue weighted by Gasteiger charge is -2.19. The minimum atomic E-state index is -0.917. The van der Waals surface area contributed by atoms with Crippen molar-refractivity contribution in [1.29, 1.82) is 0 Å². The summed E-state index contributed by atoms with van der Waals surface area (Å²) in [6.45, 7) is 1.97. The van der Waals surface area contributed by atoms with Crippen molar-refractivity contribution in [3.8, 4) is 0 Å². The topological polar surface area (TPSA) is 99.1 Å². The van der Waals surface area contributed by atoms with Gasteiger partial charge in [0, 0.05) is 26.4 Å². The van der Waals surface area contributed by atoms with Crippen LogP contribution in [0.3, 0.4) is 0 Å². The molecule has 0 fully saturated rings. The maximum absolute atomic E-state index is 11.8. The molecule has 0 aromatic rings. The van der Waals surface area contributed by atoms with Crippen molar-refractivity contribution in [2.24, 2.45) is 11.0 Å². The standard InChI is InChI=1S/C12H19N3O4/c1-3-4-8(12(18)19)7-13-11(17)9-5-6-10(16)15(2)14-9/h8H,3-7H2,1-2H3,(H,13,17)(H,18,19). The number of carbonyl (C=O) groups excluding carboxylic acids is 2. The molecule has 0 radical (unpaired) electrons. The third-order valence-electron chi connectivity index (χ3n) is 2.96. The fraction of sp³-hybridized carbons (Fsp3) is 0.667. The molecule has 1 atom stereocenters. The van der Waals surface area contributed by atoms with Crippen LogP contribution < -0.4 is 5.32 Å². The number of amides is 2. The van der Waals surface area contributed by atoms with Crippen LogP contribution in [0, 0.1) is 5.92 Å². The number of carboxylic acid groups (broad SMARTS) is 1. The lowest BCUT2D eigenvalue weighted by atomic mass is 10.0. The first-order valence-electron chi connectivity index (χ1n) is 6.30. The van der Waals surface area contributed by atoms with Gasteiger partial charge in [-0.15, -0.1) is 0 Å². The van der Waals surface area contributed by atoms with Gasteiger partial charge in [0.05, 0.1) is 5.92 Å². The number of hydrazone groups is 1. The van der Waals surface area contributed by atoms with Crippen molar-refractivity contribution in [2.45, 2.75) is 32.6 Å². The lowest BCUT2D eigenvalue weighted by molar-refractivity contribution is -0.141. The highest BCUT2D eigenvalue weighted by Gasteiger charge is 2.23. The molecular weight excluding hydrogens is 250 g/mol. The highest BCUT2D eigenvalue weighted by molar-refractivity contribution is 6.39. The quantitative estimate of drug-likeness (QED) is 0.720. The molecule has 19 heavy (non-hydrogen) atoms. The van der Waals surface area contributed by atoms with E-state index in [-0.39, 0.29) is 24.6 Å². The van der Waals surface area contributed by atoms with Gasteiger partial charge >= 0.3 is 5.97 Å². The second-order valence-corrected chi connectivity index (χ2v) is 4.50. The summed E-state index contributed by atoms with van der Waals surface area (Å²) in [7, 11) is 1.49. The summed E-state index contributed by atoms with van der Waals surface area (Å²) in [6, 6.07) is 0. The Kier molecular flexibility index (Phi) is 5.47. The molecule has 0 aliphatic carbocycles. The Morgan fingerprint density at radius 3 is 2.68 bits per heavy atom. The van der Waals surface area contributed by atoms with E-state index in [2.05, 4.69) is 10.4 Å². The molecule has 0 aromatic heterocycles. The first kappa shape index (κ1) is 15.1. The van der Waals surface area contributed by atoms with Gasteiger partial charge in [-0.3, -0.25) is 14.4 Å². The molecule has 0 spiro atoms. The smallest absolute Gasteiger partial charge is 0.308 e. The monoisotopic (exact) mass is 269 g/mol. The molecule has 0 saturated heterocycles. The van der Waals surface area contributed by atoms with E-state index in [4.69, 9.17) is 5.11 Å². The van der Waals surface area contributed by atoms with Gasteiger partial charge in [0.2, 0.25) is 5.91 Å². The summed E-state index contributed by atoms with van der Waals surface area (Å²) in [4.78, 5) is 34.0. The van der Waals surface area contributed by atoms with Crippen molar-refractivity contribution >= 4 is 23.5 Å². The van der Waals surface area contributed by atoms with E-state index in [1.54, 1.807) is 0 Å². The number of hydrogen-bond acceptors (Lipinski definition) is 4. The van der Waals surface area contributed by atoms with Gasteiger partial charge in [0.25, 0.3) is 5.91 Å². The maximum Gasteiger partial charge on any atom is 0.308 e. The molecule has 1 unspecified atom stereocenters. The Balaban J connectivity index is 2.53. The molecule has 1 heterocycles. The van der Waals surface area contributed by atoms with Crippen LogP contribution in [0.1, 0.15) is 32.6 Å². The van der Waals surface area contributed by atoms with Gasteiger partial charge in [0.1, 0.15) is 5.71 Å². The molecule has 0 bridgehead atoms. The average molecular weight is 269 g/mol. The van der Waals surface area contributed by atoms with Gasteiger partial charge in [-0.2, -0.15) is 5.10 Å². The highest BCUT2D eigenvalue weighted by Crippen LogP contribution is 2.08. The van der Waals surface area contributed by atoms with Crippen LogP contribution in [-0.4, -0.2) is 47.2 Å². The Labute approximate surface area is 111 Å². The molecule has 0 saturated carbocycles. The predicted molar refractivity (Wildman–Crippen MR) is 68.5 cm³/mol. The summed E-state index contributed by atoms with van der Waals surface area (Å²) in [5, 5.41) is 16.5. The largest absolute Gasteiger partial charge is 0.481 e. The second kappa shape index (κ2) is 6.86. The predicted octanol–water partition coefficient (Wildman–Crippen LogP) is 0.212. The minimum absolute atomic E-state index is 0.0820. The molecule has 7 heteroatoms. The highest BCUT2D eigenvalue weighted by atomic mass is 16.4. The van der Waals surface area contributed by atoms with E-state index in [9.17, 15) is 14.4 Å². The summed E-state index contributed by atoms with van der Waals surface area (Å²) in [6.07, 6.45) is 1.80. The molecule has 1 aliphatic heterocycles. The number of aliphatic carboxylic acids is 1. The van der Waals surface area contributed by atoms with Crippen LogP contribution in [0.5, 0.6) is 0 Å². The zero-order valence-electron chi connectivity index (χ0n) is 11.2. The Bertz CT molecular complexity index is 406. The van der Waals surface area contributed by atoms with Crippen molar-refractivity contribution in [3.63, 3.8) is 0 Å². The Hall–Kier alpha value is -1.92. The summed E-state index contributed by atoms with van der Waals surface area (Å²) >= 11 is 0. The zero-order valence-corrected chi connectivity index (χ0v) is 11.2. The average Bonchev–Trinajstić information content (AvgIpc) is 2.37. The fourth-order valence-electron chi connectivity index (χ4n) is 1.81. The SMILES string of the molecule is CCCC(CNC(=O)C1=NN(C)C(=O)CC1)C(=O)O. The van der Waals surface area contributed by atoms with Gasteiger partial charge in [0.15, 0.2) is 0 Å². The molecular formula is C12H19N3O4. The number of nitrogens with zero attached hydrogens (tertiary/aromatic N) is 2. The Morgan fingerprint density at radius 1 is 1.47 bits per heavy atom. The van der Waals surface area contributed by atoms with E-state index in [0.717, 1.165) is 11.4 Å². The van der Waals surface area contributed by atoms with E-state index in [1.807, 2.05) is 6.92 Å². The molecule has 1 rings (SSSR count). The molecule has 2 N–H and O–H groups in total. The Morgan fingerprint density at radius 2 is 2.16 bits per heavy atom. The van der Waals surface area contributed by atoms with Crippen LogP contribution in [0.15, 0.2) is 5.10 Å². The normalized spacial score (nSPS) is 16.8. The number of hydrogen-bond donors (Lipinski definition) is 2. The van der Waals surface area contributed by atoms with Crippen LogP contribution in [0.4, 0.5) is 0 Å². The zero-order chi connectivity index (χ0) is 14.4. The number of rotatable bonds is 6. The molecule has 106 valence electrons. The minimum Gasteiger partial charge on any atom is -0.481 e. The molecule has 1 aliphatic rings. The van der Waals surface area contributed by atoms with E-state index in [1.165, 1.54) is 7.05 Å². The van der Waals surface area contributed by atoms with Crippen LogP contribution in [0.25, 0.3) is 0 Å². The van der Waals surface area contributed by atoms with Gasteiger partial charge in [-0.1, -0.05) is 13.3 Å². The maximum atomic E-state index is 11.8. The van der Waals surface area contributed by atoms with Crippen LogP contribution >= 0.6 is 0 Å². The van der Waals surface area contributed by atoms with Crippen molar-refractivity contribution < 1.29 is 19.5 Å². The van der Waals surface area contributed by atoms with Gasteiger partial charge < -0.3 is 10.4 Å². The first-order chi connectivity index (χ1) is 8.95. The van der Waals surface area contributed by atoms with Crippen molar-refractivity contribution in [2.75, 3.05) is 13.6 Å². The summed E-state index contributed by atoms with van der Waals surface area (Å²) in [5.74, 6) is -2.04. The van der Waals surface area contributed by atoms with Gasteiger partial charge in [-0.25, -0.2) is 5.01 Å². The van der Waals surface area contributed by atoms with Gasteiger partial charge in [-0.05, 0) is 6.42 Å². The van der Waals surface area contributed by atoms with Crippen molar-refractivity contribution in [3.05, 3.63) is 0 Å². The second-order valence-electron chi connectivity index (χ2n) is 4.50. The number of carbonyl (C=O) groups is 3. The summed E-state index contributed by atoms with van der Waals surface area (Å²) in [5.41, 5.74) is 0.266. The third-order valence-corrected chi connectivity index (χ3v) is 2.96. The first-order valence-corrected chi connectivity index (χ1v) is 6.30. The van der Waals surface area contributed by atoms with E-state index < -0.39 is 17.8 Å². The van der Waals surface area contributed by atoms with E-state index >= 15 is 0 Å². The molecule has 7 nitrogen and oxygen atoms in total. The van der Waals surface area contributed by atoms with Crippen molar-refractivity contribution in [1.82, 2.24) is 10.3 Å². The third kappa shape index (κ3) is 4.35. The number of nitrogens with one attached hydrogen (secondary N) is 1. The van der Waals surface area contributed by atoms with Crippen LogP contribution in [-0.2, 0) is 14.4 Å². The lowest BCUT2D eigenvalue weighted by Crippen LogP contribution is -2.40. The van der Waals surface area contributed by atoms with E-state index in [0.29, 0.717) is 12.8 Å². The number of carboxylic acids is 1. The fourth-order valence-corrected chi connectivity index (χ4v) is 1.81. The summed E-state index contributed by atoms with van der Waals surface area (Å²) < 4.78 is 0. The molecule has 0 aromatic carbocycles. The van der Waals surface area contributed by atoms with Crippen LogP contribution in [0.2, 0.25) is 0 Å².